The molecule has 0 saturated heterocycles. The van der Waals surface area contributed by atoms with Crippen LogP contribution in [-0.2, 0) is 6.18 Å². The summed E-state index contributed by atoms with van der Waals surface area (Å²) in [4.78, 5) is 11.8. The highest BCUT2D eigenvalue weighted by atomic mass is 19.4. The number of hydrogen-bond acceptors (Lipinski definition) is 1. The van der Waals surface area contributed by atoms with Crippen molar-refractivity contribution in [2.75, 3.05) is 11.9 Å². The molecule has 0 aliphatic carbocycles. The fraction of sp³-hybridized carbons (Fsp3) is 0.222. The molecule has 6 heteroatoms. The molecule has 0 saturated carbocycles. The summed E-state index contributed by atoms with van der Waals surface area (Å²) in [5, 5.41) is 0. The summed E-state index contributed by atoms with van der Waals surface area (Å²) in [7, 11) is 1.38. The molecule has 0 spiro atoms. The number of nitrogens with two attached hydrogens (primary N) is 1. The van der Waals surface area contributed by atoms with Gasteiger partial charge in [0.1, 0.15) is 0 Å². The topological polar surface area (TPSA) is 46.3 Å². The Morgan fingerprint density at radius 3 is 2.07 bits per heavy atom. The molecule has 2 amide bonds. The first-order valence-corrected chi connectivity index (χ1v) is 4.03. The molecule has 0 aromatic heterocycles. The number of nitrogens with zero attached hydrogens (tertiary/aromatic N) is 1. The second-order valence-corrected chi connectivity index (χ2v) is 2.94. The number of amides is 2. The summed E-state index contributed by atoms with van der Waals surface area (Å²) in [6, 6.07) is 3.44. The minimum atomic E-state index is -4.37. The van der Waals surface area contributed by atoms with Gasteiger partial charge < -0.3 is 5.73 Å². The molecule has 2 N–H and O–H groups in total. The molecule has 0 bridgehead atoms. The maximum Gasteiger partial charge on any atom is 0.416 e. The van der Waals surface area contributed by atoms with Crippen molar-refractivity contribution >= 4 is 11.7 Å². The standard InChI is InChI=1S/C9H9F3N2O/c1-14(8(13)15)7-4-2-6(3-5-7)9(10,11)12/h2-5H,1H3,(H2,13,15). The van der Waals surface area contributed by atoms with Gasteiger partial charge in [-0.3, -0.25) is 4.90 Å². The first kappa shape index (κ1) is 11.4. The average Bonchev–Trinajstić information content (AvgIpc) is 2.15. The van der Waals surface area contributed by atoms with Gasteiger partial charge in [-0.05, 0) is 24.3 Å². The molecule has 1 rings (SSSR count). The SMILES string of the molecule is CN(C(N)=O)c1ccc(C(F)(F)F)cc1. The van der Waals surface area contributed by atoms with E-state index < -0.39 is 17.8 Å². The largest absolute Gasteiger partial charge is 0.416 e. The molecule has 0 fully saturated rings. The van der Waals surface area contributed by atoms with E-state index in [-0.39, 0.29) is 0 Å². The minimum Gasteiger partial charge on any atom is -0.351 e. The van der Waals surface area contributed by atoms with Crippen molar-refractivity contribution in [3.05, 3.63) is 29.8 Å². The van der Waals surface area contributed by atoms with Crippen LogP contribution < -0.4 is 10.6 Å². The number of rotatable bonds is 1. The monoisotopic (exact) mass is 218 g/mol. The number of primary amides is 1. The summed E-state index contributed by atoms with van der Waals surface area (Å²) < 4.78 is 36.5. The second kappa shape index (κ2) is 3.80. The van der Waals surface area contributed by atoms with Gasteiger partial charge in [-0.2, -0.15) is 13.2 Å². The highest BCUT2D eigenvalue weighted by molar-refractivity contribution is 5.89. The number of benzene rings is 1. The Balaban J connectivity index is 2.95. The van der Waals surface area contributed by atoms with Crippen molar-refractivity contribution in [1.82, 2.24) is 0 Å². The third-order valence-corrected chi connectivity index (χ3v) is 1.91. The Kier molecular flexibility index (Phi) is 2.88. The van der Waals surface area contributed by atoms with Crippen LogP contribution in [0.4, 0.5) is 23.7 Å². The Morgan fingerprint density at radius 1 is 1.27 bits per heavy atom. The number of carbonyl (C=O) groups is 1. The van der Waals surface area contributed by atoms with Crippen LogP contribution in [0.2, 0.25) is 0 Å². The van der Waals surface area contributed by atoms with E-state index in [9.17, 15) is 18.0 Å². The summed E-state index contributed by atoms with van der Waals surface area (Å²) in [6.45, 7) is 0. The van der Waals surface area contributed by atoms with Crippen molar-refractivity contribution in [3.8, 4) is 0 Å². The van der Waals surface area contributed by atoms with Crippen LogP contribution in [-0.4, -0.2) is 13.1 Å². The van der Waals surface area contributed by atoms with E-state index in [0.717, 1.165) is 17.0 Å². The summed E-state index contributed by atoms with van der Waals surface area (Å²) in [5.41, 5.74) is 4.51. The highest BCUT2D eigenvalue weighted by Crippen LogP contribution is 2.30. The molecular weight excluding hydrogens is 209 g/mol. The summed E-state index contributed by atoms with van der Waals surface area (Å²) in [5.74, 6) is 0. The van der Waals surface area contributed by atoms with E-state index >= 15 is 0 Å². The quantitative estimate of drug-likeness (QED) is 0.771. The molecule has 1 aromatic rings. The van der Waals surface area contributed by atoms with Gasteiger partial charge >= 0.3 is 12.2 Å². The number of urea groups is 1. The van der Waals surface area contributed by atoms with Gasteiger partial charge in [0.2, 0.25) is 0 Å². The lowest BCUT2D eigenvalue weighted by molar-refractivity contribution is -0.137. The van der Waals surface area contributed by atoms with E-state index in [1.54, 1.807) is 0 Å². The van der Waals surface area contributed by atoms with E-state index in [1.165, 1.54) is 19.2 Å². The highest BCUT2D eigenvalue weighted by Gasteiger charge is 2.30. The van der Waals surface area contributed by atoms with Gasteiger partial charge in [0.25, 0.3) is 0 Å². The first-order valence-electron chi connectivity index (χ1n) is 4.03. The smallest absolute Gasteiger partial charge is 0.351 e. The van der Waals surface area contributed by atoms with Crippen LogP contribution in [0.25, 0.3) is 0 Å². The third kappa shape index (κ3) is 2.61. The third-order valence-electron chi connectivity index (χ3n) is 1.91. The van der Waals surface area contributed by atoms with Gasteiger partial charge in [0.15, 0.2) is 0 Å². The molecule has 0 heterocycles. The van der Waals surface area contributed by atoms with Gasteiger partial charge in [-0.15, -0.1) is 0 Å². The normalized spacial score (nSPS) is 11.2. The maximum absolute atomic E-state index is 12.2. The molecule has 3 nitrogen and oxygen atoms in total. The van der Waals surface area contributed by atoms with Crippen molar-refractivity contribution in [3.63, 3.8) is 0 Å². The van der Waals surface area contributed by atoms with E-state index in [4.69, 9.17) is 5.73 Å². The van der Waals surface area contributed by atoms with Crippen molar-refractivity contribution in [1.29, 1.82) is 0 Å². The Labute approximate surface area is 84.3 Å². The van der Waals surface area contributed by atoms with Gasteiger partial charge in [0.05, 0.1) is 5.56 Å². The predicted octanol–water partition coefficient (Wildman–Crippen LogP) is 2.22. The Hall–Kier alpha value is -1.72. The lowest BCUT2D eigenvalue weighted by atomic mass is 10.2. The van der Waals surface area contributed by atoms with Crippen molar-refractivity contribution in [2.45, 2.75) is 6.18 Å². The molecule has 0 atom stereocenters. The Morgan fingerprint density at radius 2 is 1.73 bits per heavy atom. The number of anilines is 1. The van der Waals surface area contributed by atoms with Crippen LogP contribution in [0.3, 0.4) is 0 Å². The van der Waals surface area contributed by atoms with Gasteiger partial charge in [0, 0.05) is 12.7 Å². The van der Waals surface area contributed by atoms with Crippen LogP contribution in [0, 0.1) is 0 Å². The van der Waals surface area contributed by atoms with Crippen molar-refractivity contribution < 1.29 is 18.0 Å². The molecule has 0 aliphatic rings. The first-order chi connectivity index (χ1) is 6.82. The van der Waals surface area contributed by atoms with Gasteiger partial charge in [-0.1, -0.05) is 0 Å². The fourth-order valence-electron chi connectivity index (χ4n) is 1.00. The lowest BCUT2D eigenvalue weighted by Gasteiger charge is -2.15. The molecule has 1 aromatic carbocycles. The molecule has 0 unspecified atom stereocenters. The number of halogens is 3. The van der Waals surface area contributed by atoms with Crippen LogP contribution in [0.15, 0.2) is 24.3 Å². The number of carbonyl (C=O) groups excluding carboxylic acids is 1. The van der Waals surface area contributed by atoms with Crippen LogP contribution in [0.1, 0.15) is 5.56 Å². The van der Waals surface area contributed by atoms with Crippen molar-refractivity contribution in [2.24, 2.45) is 5.73 Å². The molecular formula is C9H9F3N2O. The molecule has 0 radical (unpaired) electrons. The molecule has 0 aliphatic heterocycles. The zero-order valence-electron chi connectivity index (χ0n) is 7.88. The van der Waals surface area contributed by atoms with Crippen LogP contribution in [0.5, 0.6) is 0 Å². The Bertz CT molecular complexity index is 359. The predicted molar refractivity (Wildman–Crippen MR) is 49.4 cm³/mol. The number of hydrogen-bond donors (Lipinski definition) is 1. The second-order valence-electron chi connectivity index (χ2n) is 2.94. The van der Waals surface area contributed by atoms with Gasteiger partial charge in [-0.25, -0.2) is 4.79 Å². The zero-order valence-corrected chi connectivity index (χ0v) is 7.88. The minimum absolute atomic E-state index is 0.315. The van der Waals surface area contributed by atoms with E-state index in [1.807, 2.05) is 0 Å². The zero-order chi connectivity index (χ0) is 11.6. The summed E-state index contributed by atoms with van der Waals surface area (Å²) >= 11 is 0. The number of alkyl halides is 3. The van der Waals surface area contributed by atoms with E-state index in [2.05, 4.69) is 0 Å². The fourth-order valence-corrected chi connectivity index (χ4v) is 1.00. The molecule has 15 heavy (non-hydrogen) atoms. The maximum atomic E-state index is 12.2. The summed E-state index contributed by atoms with van der Waals surface area (Å²) in [6.07, 6.45) is -4.37. The van der Waals surface area contributed by atoms with E-state index in [0.29, 0.717) is 5.69 Å². The lowest BCUT2D eigenvalue weighted by Crippen LogP contribution is -2.31. The average molecular weight is 218 g/mol. The van der Waals surface area contributed by atoms with Crippen LogP contribution >= 0.6 is 0 Å². The molecule has 82 valence electrons.